The molecule has 0 radical (unpaired) electrons. The molecule has 26 heavy (non-hydrogen) atoms. The van der Waals surface area contributed by atoms with Gasteiger partial charge in [0.15, 0.2) is 0 Å². The van der Waals surface area contributed by atoms with E-state index in [2.05, 4.69) is 25.6 Å². The molecular weight excluding hydrogens is 332 g/mol. The molecule has 4 rings (SSSR count). The molecule has 3 aromatic heterocycles. The third-order valence-electron chi connectivity index (χ3n) is 4.30. The first-order chi connectivity index (χ1) is 12.7. The van der Waals surface area contributed by atoms with Crippen molar-refractivity contribution in [2.45, 2.75) is 19.0 Å². The van der Waals surface area contributed by atoms with Crippen molar-refractivity contribution < 1.29 is 4.74 Å². The Bertz CT molecular complexity index is 942. The number of hydrogen-bond donors (Lipinski definition) is 1. The van der Waals surface area contributed by atoms with E-state index in [1.807, 2.05) is 31.2 Å². The molecule has 0 amide bonds. The van der Waals surface area contributed by atoms with E-state index >= 15 is 0 Å². The summed E-state index contributed by atoms with van der Waals surface area (Å²) in [5, 5.41) is 16.0. The molecule has 0 spiro atoms. The largest absolute Gasteiger partial charge is 0.377 e. The van der Waals surface area contributed by atoms with Gasteiger partial charge in [0.25, 0.3) is 5.56 Å². The van der Waals surface area contributed by atoms with E-state index < -0.39 is 0 Å². The molecule has 3 aromatic rings. The van der Waals surface area contributed by atoms with E-state index in [-0.39, 0.29) is 17.6 Å². The standard InChI is InChI=1S/C18H18N6O2/c1-12-2-4-17(22-21-12)20-15-10-26-11-16(15)24-18(25)5-3-14(23-24)13-6-8-19-9-7-13/h2-9,15-16H,10-11H2,1H3,(H,20,22). The monoisotopic (exact) mass is 350 g/mol. The minimum atomic E-state index is -0.229. The lowest BCUT2D eigenvalue weighted by Crippen LogP contribution is -2.37. The highest BCUT2D eigenvalue weighted by molar-refractivity contribution is 5.57. The second kappa shape index (κ2) is 7.01. The van der Waals surface area contributed by atoms with Crippen molar-refractivity contribution in [2.75, 3.05) is 18.5 Å². The zero-order chi connectivity index (χ0) is 17.9. The van der Waals surface area contributed by atoms with Gasteiger partial charge in [0.1, 0.15) is 11.9 Å². The summed E-state index contributed by atoms with van der Waals surface area (Å²) in [6, 6.07) is 10.4. The Labute approximate surface area is 149 Å². The molecule has 8 heteroatoms. The first-order valence-corrected chi connectivity index (χ1v) is 8.35. The molecule has 1 aliphatic rings. The van der Waals surface area contributed by atoms with Gasteiger partial charge in [-0.25, -0.2) is 4.68 Å². The minimum Gasteiger partial charge on any atom is -0.377 e. The maximum Gasteiger partial charge on any atom is 0.267 e. The summed E-state index contributed by atoms with van der Waals surface area (Å²) in [4.78, 5) is 16.4. The second-order valence-corrected chi connectivity index (χ2v) is 6.15. The number of rotatable bonds is 4. The number of pyridine rings is 1. The third-order valence-corrected chi connectivity index (χ3v) is 4.30. The summed E-state index contributed by atoms with van der Waals surface area (Å²) in [6.45, 7) is 2.75. The fourth-order valence-corrected chi connectivity index (χ4v) is 2.93. The van der Waals surface area contributed by atoms with Crippen LogP contribution in [0.25, 0.3) is 11.3 Å². The molecule has 8 nitrogen and oxygen atoms in total. The summed E-state index contributed by atoms with van der Waals surface area (Å²) in [7, 11) is 0. The Morgan fingerprint density at radius 3 is 2.69 bits per heavy atom. The van der Waals surface area contributed by atoms with Crippen molar-refractivity contribution in [2.24, 2.45) is 0 Å². The van der Waals surface area contributed by atoms with E-state index in [0.29, 0.717) is 24.7 Å². The highest BCUT2D eigenvalue weighted by Gasteiger charge is 2.31. The third kappa shape index (κ3) is 3.31. The second-order valence-electron chi connectivity index (χ2n) is 6.15. The maximum atomic E-state index is 12.4. The fraction of sp³-hybridized carbons (Fsp3) is 0.278. The van der Waals surface area contributed by atoms with Gasteiger partial charge >= 0.3 is 0 Å². The van der Waals surface area contributed by atoms with Gasteiger partial charge in [0, 0.05) is 24.0 Å². The van der Waals surface area contributed by atoms with Crippen LogP contribution >= 0.6 is 0 Å². The Morgan fingerprint density at radius 1 is 1.08 bits per heavy atom. The lowest BCUT2D eigenvalue weighted by molar-refractivity contribution is 0.183. The molecule has 0 aliphatic carbocycles. The molecule has 4 heterocycles. The van der Waals surface area contributed by atoms with Crippen LogP contribution in [0.1, 0.15) is 11.7 Å². The Hall–Kier alpha value is -3.13. The summed E-state index contributed by atoms with van der Waals surface area (Å²) in [6.07, 6.45) is 3.40. The maximum absolute atomic E-state index is 12.4. The molecule has 1 saturated heterocycles. The number of nitrogens with one attached hydrogen (secondary N) is 1. The van der Waals surface area contributed by atoms with E-state index in [4.69, 9.17) is 4.74 Å². The molecular formula is C18H18N6O2. The van der Waals surface area contributed by atoms with Crippen LogP contribution in [0.15, 0.2) is 53.6 Å². The molecule has 132 valence electrons. The van der Waals surface area contributed by atoms with Gasteiger partial charge in [-0.2, -0.15) is 10.2 Å². The fourth-order valence-electron chi connectivity index (χ4n) is 2.93. The molecule has 0 bridgehead atoms. The molecule has 1 aliphatic heterocycles. The van der Waals surface area contributed by atoms with Crippen molar-refractivity contribution >= 4 is 5.82 Å². The van der Waals surface area contributed by atoms with Gasteiger partial charge in [0.2, 0.25) is 0 Å². The summed E-state index contributed by atoms with van der Waals surface area (Å²) in [5.41, 5.74) is 2.30. The lowest BCUT2D eigenvalue weighted by Gasteiger charge is -2.21. The van der Waals surface area contributed by atoms with E-state index in [1.165, 1.54) is 10.7 Å². The zero-order valence-corrected chi connectivity index (χ0v) is 14.2. The van der Waals surface area contributed by atoms with Gasteiger partial charge in [0.05, 0.1) is 30.6 Å². The average Bonchev–Trinajstić information content (AvgIpc) is 3.13. The van der Waals surface area contributed by atoms with Crippen molar-refractivity contribution in [1.82, 2.24) is 25.0 Å². The SMILES string of the molecule is Cc1ccc(NC2COCC2n2nc(-c3ccncc3)ccc2=O)nn1. The average molecular weight is 350 g/mol. The quantitative estimate of drug-likeness (QED) is 0.761. The van der Waals surface area contributed by atoms with E-state index in [1.54, 1.807) is 18.5 Å². The highest BCUT2D eigenvalue weighted by Crippen LogP contribution is 2.22. The van der Waals surface area contributed by atoms with Crippen LogP contribution in [0, 0.1) is 6.92 Å². The number of aromatic nitrogens is 5. The van der Waals surface area contributed by atoms with Crippen LogP contribution in [0.5, 0.6) is 0 Å². The van der Waals surface area contributed by atoms with Gasteiger partial charge in [-0.1, -0.05) is 0 Å². The van der Waals surface area contributed by atoms with Crippen molar-refractivity contribution in [3.63, 3.8) is 0 Å². The van der Waals surface area contributed by atoms with Gasteiger partial charge in [-0.3, -0.25) is 9.78 Å². The van der Waals surface area contributed by atoms with Crippen molar-refractivity contribution in [3.05, 3.63) is 64.8 Å². The highest BCUT2D eigenvalue weighted by atomic mass is 16.5. The number of hydrogen-bond acceptors (Lipinski definition) is 7. The summed E-state index contributed by atoms with van der Waals surface area (Å²) >= 11 is 0. The Kier molecular flexibility index (Phi) is 4.40. The normalized spacial score (nSPS) is 19.4. The van der Waals surface area contributed by atoms with Crippen molar-refractivity contribution in [1.29, 1.82) is 0 Å². The minimum absolute atomic E-state index is 0.120. The molecule has 0 aromatic carbocycles. The van der Waals surface area contributed by atoms with E-state index in [9.17, 15) is 4.79 Å². The zero-order valence-electron chi connectivity index (χ0n) is 14.2. The number of aryl methyl sites for hydroxylation is 1. The Morgan fingerprint density at radius 2 is 1.92 bits per heavy atom. The lowest BCUT2D eigenvalue weighted by atomic mass is 10.1. The van der Waals surface area contributed by atoms with Crippen LogP contribution < -0.4 is 10.9 Å². The van der Waals surface area contributed by atoms with Crippen LogP contribution in [-0.4, -0.2) is 44.2 Å². The van der Waals surface area contributed by atoms with Gasteiger partial charge in [-0.15, -0.1) is 5.10 Å². The van der Waals surface area contributed by atoms with Crippen LogP contribution in [0.2, 0.25) is 0 Å². The number of anilines is 1. The van der Waals surface area contributed by atoms with Crippen LogP contribution in [-0.2, 0) is 4.74 Å². The van der Waals surface area contributed by atoms with Crippen LogP contribution in [0.3, 0.4) is 0 Å². The molecule has 1 N–H and O–H groups in total. The topological polar surface area (TPSA) is 94.8 Å². The first-order valence-electron chi connectivity index (χ1n) is 8.35. The van der Waals surface area contributed by atoms with Gasteiger partial charge in [-0.05, 0) is 37.3 Å². The first kappa shape index (κ1) is 16.3. The predicted octanol–water partition coefficient (Wildman–Crippen LogP) is 1.46. The van der Waals surface area contributed by atoms with E-state index in [0.717, 1.165) is 11.3 Å². The molecule has 2 unspecified atom stereocenters. The molecule has 1 fully saturated rings. The van der Waals surface area contributed by atoms with Crippen LogP contribution in [0.4, 0.5) is 5.82 Å². The molecule has 0 saturated carbocycles. The Balaban J connectivity index is 1.63. The number of ether oxygens (including phenoxy) is 1. The summed E-state index contributed by atoms with van der Waals surface area (Å²) in [5.74, 6) is 0.648. The predicted molar refractivity (Wildman–Crippen MR) is 95.8 cm³/mol. The number of nitrogens with zero attached hydrogens (tertiary/aromatic N) is 5. The van der Waals surface area contributed by atoms with Gasteiger partial charge < -0.3 is 10.1 Å². The molecule has 2 atom stereocenters. The van der Waals surface area contributed by atoms with Crippen molar-refractivity contribution in [3.8, 4) is 11.3 Å². The summed E-state index contributed by atoms with van der Waals surface area (Å²) < 4.78 is 7.09. The smallest absolute Gasteiger partial charge is 0.267 e.